The molecule has 0 aliphatic rings. The van der Waals surface area contributed by atoms with Gasteiger partial charge in [-0.25, -0.2) is 13.2 Å². The Labute approximate surface area is 105 Å². The van der Waals surface area contributed by atoms with Crippen molar-refractivity contribution in [3.8, 4) is 0 Å². The Morgan fingerprint density at radius 2 is 2.11 bits per heavy atom. The molecule has 0 aliphatic heterocycles. The van der Waals surface area contributed by atoms with Crippen molar-refractivity contribution in [2.45, 2.75) is 24.8 Å². The van der Waals surface area contributed by atoms with E-state index in [1.165, 1.54) is 0 Å². The molecule has 0 aromatic carbocycles. The molecule has 1 rings (SSSR count). The van der Waals surface area contributed by atoms with Crippen molar-refractivity contribution < 1.29 is 23.4 Å². The molecule has 8 heteroatoms. The number of hydrogen-bond acceptors (Lipinski definition) is 4. The van der Waals surface area contributed by atoms with Crippen molar-refractivity contribution in [3.05, 3.63) is 18.0 Å². The third kappa shape index (κ3) is 2.89. The third-order valence-corrected chi connectivity index (χ3v) is 4.44. The minimum atomic E-state index is -3.80. The highest BCUT2D eigenvalue weighted by molar-refractivity contribution is 7.89. The first kappa shape index (κ1) is 14.7. The lowest BCUT2D eigenvalue weighted by Crippen LogP contribution is -2.38. The highest BCUT2D eigenvalue weighted by Gasteiger charge is 2.28. The van der Waals surface area contributed by atoms with Gasteiger partial charge in [0.1, 0.15) is 10.6 Å². The monoisotopic (exact) mass is 276 g/mol. The molecule has 0 saturated heterocycles. The van der Waals surface area contributed by atoms with Crippen LogP contribution in [0.5, 0.6) is 0 Å². The van der Waals surface area contributed by atoms with Gasteiger partial charge in [0.2, 0.25) is 10.0 Å². The minimum absolute atomic E-state index is 0.0341. The van der Waals surface area contributed by atoms with Crippen molar-refractivity contribution in [2.75, 3.05) is 13.2 Å². The second-order valence-electron chi connectivity index (χ2n) is 3.99. The van der Waals surface area contributed by atoms with Crippen LogP contribution in [0.15, 0.2) is 17.2 Å². The van der Waals surface area contributed by atoms with Gasteiger partial charge in [-0.05, 0) is 19.9 Å². The quantitative estimate of drug-likeness (QED) is 0.682. The van der Waals surface area contributed by atoms with Crippen LogP contribution in [0.4, 0.5) is 0 Å². The van der Waals surface area contributed by atoms with Crippen LogP contribution in [0.2, 0.25) is 0 Å². The molecule has 0 radical (unpaired) electrons. The summed E-state index contributed by atoms with van der Waals surface area (Å²) in [6.07, 6.45) is 1.13. The molecule has 3 N–H and O–H groups in total. The fourth-order valence-electron chi connectivity index (χ4n) is 1.54. The lowest BCUT2D eigenvalue weighted by Gasteiger charge is -2.24. The van der Waals surface area contributed by atoms with Crippen molar-refractivity contribution in [3.63, 3.8) is 0 Å². The molecule has 0 aliphatic carbocycles. The van der Waals surface area contributed by atoms with Gasteiger partial charge in [-0.15, -0.1) is 0 Å². The number of aromatic amines is 1. The molecule has 102 valence electrons. The van der Waals surface area contributed by atoms with E-state index in [9.17, 15) is 13.2 Å². The summed E-state index contributed by atoms with van der Waals surface area (Å²) in [5.74, 6) is -1.23. The van der Waals surface area contributed by atoms with Crippen LogP contribution in [0.25, 0.3) is 0 Å². The highest BCUT2D eigenvalue weighted by atomic mass is 32.2. The average Bonchev–Trinajstić information content (AvgIpc) is 2.74. The Morgan fingerprint density at radius 1 is 1.50 bits per heavy atom. The molecular formula is C10H16N2O5S. The molecule has 0 spiro atoms. The van der Waals surface area contributed by atoms with E-state index < -0.39 is 16.0 Å². The molecule has 0 bridgehead atoms. The van der Waals surface area contributed by atoms with Crippen LogP contribution >= 0.6 is 0 Å². The number of aromatic nitrogens is 1. The van der Waals surface area contributed by atoms with Gasteiger partial charge in [0.15, 0.2) is 0 Å². The lowest BCUT2D eigenvalue weighted by atomic mass is 10.4. The number of aromatic carboxylic acids is 1. The van der Waals surface area contributed by atoms with Crippen LogP contribution < -0.4 is 0 Å². The van der Waals surface area contributed by atoms with Crippen molar-refractivity contribution in [1.29, 1.82) is 0 Å². The Kier molecular flexibility index (Phi) is 4.49. The maximum absolute atomic E-state index is 12.2. The number of carboxylic acids is 1. The number of carbonyl (C=O) groups is 1. The smallest absolute Gasteiger partial charge is 0.352 e. The molecule has 1 aromatic rings. The van der Waals surface area contributed by atoms with Crippen molar-refractivity contribution in [1.82, 2.24) is 9.29 Å². The zero-order valence-electron chi connectivity index (χ0n) is 10.1. The van der Waals surface area contributed by atoms with Gasteiger partial charge in [-0.1, -0.05) is 0 Å². The standard InChI is InChI=1S/C10H16N2O5S/c1-7(2)12(3-4-13)18(16,17)8-5-9(10(14)15)11-6-8/h5-7,11,13H,3-4H2,1-2H3,(H,14,15). The fraction of sp³-hybridized carbons (Fsp3) is 0.500. The molecule has 18 heavy (non-hydrogen) atoms. The third-order valence-electron chi connectivity index (χ3n) is 2.39. The Hall–Kier alpha value is -1.38. The number of carboxylic acid groups (broad SMARTS) is 1. The number of nitrogens with zero attached hydrogens (tertiary/aromatic N) is 1. The number of nitrogens with one attached hydrogen (secondary N) is 1. The predicted octanol–water partition coefficient (Wildman–Crippen LogP) is 0.104. The number of H-pyrrole nitrogens is 1. The average molecular weight is 276 g/mol. The summed E-state index contributed by atoms with van der Waals surface area (Å²) in [6, 6.07) is 0.732. The summed E-state index contributed by atoms with van der Waals surface area (Å²) in [5.41, 5.74) is -0.193. The number of aliphatic hydroxyl groups is 1. The van der Waals surface area contributed by atoms with Gasteiger partial charge in [0.25, 0.3) is 0 Å². The predicted molar refractivity (Wildman–Crippen MR) is 63.9 cm³/mol. The topological polar surface area (TPSA) is 111 Å². The molecule has 0 atom stereocenters. The first-order valence-corrected chi connectivity index (χ1v) is 6.79. The maximum atomic E-state index is 12.2. The summed E-state index contributed by atoms with van der Waals surface area (Å²) in [4.78, 5) is 12.9. The molecule has 1 heterocycles. The van der Waals surface area contributed by atoms with E-state index in [1.807, 2.05) is 0 Å². The molecule has 1 aromatic heterocycles. The van der Waals surface area contributed by atoms with E-state index in [-0.39, 0.29) is 29.8 Å². The van der Waals surface area contributed by atoms with E-state index in [2.05, 4.69) is 4.98 Å². The van der Waals surface area contributed by atoms with Gasteiger partial charge < -0.3 is 15.2 Å². The Balaban J connectivity index is 3.14. The van der Waals surface area contributed by atoms with Crippen molar-refractivity contribution in [2.24, 2.45) is 0 Å². The summed E-state index contributed by atoms with van der Waals surface area (Å²) >= 11 is 0. The molecule has 0 saturated carbocycles. The zero-order valence-corrected chi connectivity index (χ0v) is 10.9. The zero-order chi connectivity index (χ0) is 13.9. The van der Waals surface area contributed by atoms with Crippen LogP contribution in [0.1, 0.15) is 24.3 Å². The molecule has 0 amide bonds. The summed E-state index contributed by atoms with van der Waals surface area (Å²) in [6.45, 7) is 3.02. The van der Waals surface area contributed by atoms with Crippen LogP contribution in [-0.2, 0) is 10.0 Å². The molecule has 0 unspecified atom stereocenters. The van der Waals surface area contributed by atoms with E-state index in [0.29, 0.717) is 0 Å². The normalized spacial score (nSPS) is 12.3. The van der Waals surface area contributed by atoms with E-state index in [4.69, 9.17) is 10.2 Å². The molecule has 7 nitrogen and oxygen atoms in total. The Bertz CT molecular complexity index is 520. The number of aliphatic hydroxyl groups excluding tert-OH is 1. The SMILES string of the molecule is CC(C)N(CCO)S(=O)(=O)c1c[nH]c(C(=O)O)c1. The van der Waals surface area contributed by atoms with Gasteiger partial charge >= 0.3 is 5.97 Å². The first-order valence-electron chi connectivity index (χ1n) is 5.35. The second kappa shape index (κ2) is 5.51. The van der Waals surface area contributed by atoms with Gasteiger partial charge in [0, 0.05) is 18.8 Å². The fourth-order valence-corrected chi connectivity index (χ4v) is 3.16. The van der Waals surface area contributed by atoms with E-state index in [0.717, 1.165) is 16.6 Å². The maximum Gasteiger partial charge on any atom is 0.352 e. The van der Waals surface area contributed by atoms with E-state index in [1.54, 1.807) is 13.8 Å². The Morgan fingerprint density at radius 3 is 2.50 bits per heavy atom. The van der Waals surface area contributed by atoms with Gasteiger partial charge in [0.05, 0.1) is 6.61 Å². The number of rotatable bonds is 6. The van der Waals surface area contributed by atoms with Gasteiger partial charge in [-0.2, -0.15) is 4.31 Å². The molecular weight excluding hydrogens is 260 g/mol. The van der Waals surface area contributed by atoms with Crippen molar-refractivity contribution >= 4 is 16.0 Å². The van der Waals surface area contributed by atoms with Crippen LogP contribution in [0, 0.1) is 0 Å². The van der Waals surface area contributed by atoms with Crippen LogP contribution in [-0.4, -0.2) is 53.1 Å². The number of hydrogen-bond donors (Lipinski definition) is 3. The first-order chi connectivity index (χ1) is 8.30. The summed E-state index contributed by atoms with van der Waals surface area (Å²) < 4.78 is 25.5. The lowest BCUT2D eigenvalue weighted by molar-refractivity contribution is 0.0691. The van der Waals surface area contributed by atoms with Gasteiger partial charge in [-0.3, -0.25) is 0 Å². The molecule has 0 fully saturated rings. The minimum Gasteiger partial charge on any atom is -0.477 e. The second-order valence-corrected chi connectivity index (χ2v) is 5.88. The largest absolute Gasteiger partial charge is 0.477 e. The highest BCUT2D eigenvalue weighted by Crippen LogP contribution is 2.18. The van der Waals surface area contributed by atoms with E-state index >= 15 is 0 Å². The van der Waals surface area contributed by atoms with Crippen LogP contribution in [0.3, 0.4) is 0 Å². The number of sulfonamides is 1. The summed E-state index contributed by atoms with van der Waals surface area (Å²) in [5, 5.41) is 17.6. The summed E-state index contributed by atoms with van der Waals surface area (Å²) in [7, 11) is -3.80.